The maximum Gasteiger partial charge on any atom is 0.328 e. The highest BCUT2D eigenvalue weighted by molar-refractivity contribution is 5.80. The van der Waals surface area contributed by atoms with E-state index in [-0.39, 0.29) is 0 Å². The maximum absolute atomic E-state index is 10.8. The fourth-order valence-electron chi connectivity index (χ4n) is 2.86. The number of aryl methyl sites for hydroxylation is 1. The van der Waals surface area contributed by atoms with E-state index in [1.165, 1.54) is 17.2 Å². The molecule has 0 radical (unpaired) electrons. The van der Waals surface area contributed by atoms with Crippen LogP contribution in [-0.2, 0) is 11.2 Å². The average molecular weight is 260 g/mol. The zero-order valence-corrected chi connectivity index (χ0v) is 11.5. The Kier molecular flexibility index (Phi) is 4.25. The summed E-state index contributed by atoms with van der Waals surface area (Å²) in [5, 5.41) is 8.90. The molecule has 19 heavy (non-hydrogen) atoms. The predicted octanol–water partition coefficient (Wildman–Crippen LogP) is 3.36. The summed E-state index contributed by atoms with van der Waals surface area (Å²) in [7, 11) is 1.68. The molecule has 1 aliphatic carbocycles. The van der Waals surface area contributed by atoms with E-state index in [1.807, 2.05) is 12.1 Å². The normalized spacial score (nSPS) is 20.7. The second kappa shape index (κ2) is 5.91. The molecule has 3 nitrogen and oxygen atoms in total. The summed E-state index contributed by atoms with van der Waals surface area (Å²) in [6.07, 6.45) is 5.31. The van der Waals surface area contributed by atoms with Crippen LogP contribution in [0.15, 0.2) is 29.8 Å². The van der Waals surface area contributed by atoms with Crippen molar-refractivity contribution in [3.8, 4) is 5.75 Å². The van der Waals surface area contributed by atoms with Gasteiger partial charge in [0.2, 0.25) is 0 Å². The summed E-state index contributed by atoms with van der Waals surface area (Å²) < 4.78 is 5.39. The smallest absolute Gasteiger partial charge is 0.328 e. The monoisotopic (exact) mass is 260 g/mol. The van der Waals surface area contributed by atoms with Gasteiger partial charge in [-0.05, 0) is 50.2 Å². The number of aliphatic carboxylic acids is 1. The van der Waals surface area contributed by atoms with Crippen LogP contribution < -0.4 is 4.74 Å². The Bertz CT molecular complexity index is 503. The summed E-state index contributed by atoms with van der Waals surface area (Å²) in [5.74, 6) is 0.400. The molecule has 1 aliphatic rings. The molecule has 1 fully saturated rings. The molecular weight excluding hydrogens is 240 g/mol. The fraction of sp³-hybridized carbons (Fsp3) is 0.438. The highest BCUT2D eigenvalue weighted by atomic mass is 16.5. The first-order chi connectivity index (χ1) is 9.10. The Labute approximate surface area is 113 Å². The van der Waals surface area contributed by atoms with Crippen molar-refractivity contribution in [3.63, 3.8) is 0 Å². The van der Waals surface area contributed by atoms with E-state index in [0.29, 0.717) is 5.92 Å². The largest absolute Gasteiger partial charge is 0.496 e. The van der Waals surface area contributed by atoms with Crippen molar-refractivity contribution in [2.45, 2.75) is 32.6 Å². The van der Waals surface area contributed by atoms with Gasteiger partial charge in [0.05, 0.1) is 7.11 Å². The van der Waals surface area contributed by atoms with Crippen molar-refractivity contribution >= 4 is 5.97 Å². The van der Waals surface area contributed by atoms with Gasteiger partial charge >= 0.3 is 5.97 Å². The number of methoxy groups -OCH3 is 1. The Balaban J connectivity index is 2.21. The van der Waals surface area contributed by atoms with Crippen LogP contribution in [0.3, 0.4) is 0 Å². The van der Waals surface area contributed by atoms with Crippen molar-refractivity contribution < 1.29 is 14.6 Å². The first-order valence-electron chi connectivity index (χ1n) is 6.67. The van der Waals surface area contributed by atoms with Crippen molar-refractivity contribution in [1.29, 1.82) is 0 Å². The maximum atomic E-state index is 10.8. The summed E-state index contributed by atoms with van der Waals surface area (Å²) in [4.78, 5) is 10.8. The standard InChI is InChI=1S/C16H20O3/c1-11-6-7-15(19-2)14(8-11)9-12-4-3-5-13(12)10-16(17)18/h6-8,10,12H,3-5,9H2,1-2H3,(H,17,18)/b13-10+. The Morgan fingerprint density at radius 2 is 2.32 bits per heavy atom. The van der Waals surface area contributed by atoms with Crippen molar-refractivity contribution in [2.75, 3.05) is 7.11 Å². The van der Waals surface area contributed by atoms with Crippen molar-refractivity contribution in [3.05, 3.63) is 41.0 Å². The molecule has 0 aliphatic heterocycles. The minimum Gasteiger partial charge on any atom is -0.496 e. The number of hydrogen-bond donors (Lipinski definition) is 1. The Hall–Kier alpha value is -1.77. The molecule has 0 spiro atoms. The minimum absolute atomic E-state index is 0.340. The van der Waals surface area contributed by atoms with E-state index < -0.39 is 5.97 Å². The summed E-state index contributed by atoms with van der Waals surface area (Å²) in [5.41, 5.74) is 3.44. The lowest BCUT2D eigenvalue weighted by Gasteiger charge is -2.15. The topological polar surface area (TPSA) is 46.5 Å². The number of hydrogen-bond acceptors (Lipinski definition) is 2. The van der Waals surface area contributed by atoms with Crippen LogP contribution in [0, 0.1) is 12.8 Å². The quantitative estimate of drug-likeness (QED) is 0.844. The van der Waals surface area contributed by atoms with Crippen molar-refractivity contribution in [2.24, 2.45) is 5.92 Å². The summed E-state index contributed by atoms with van der Waals surface area (Å²) in [6, 6.07) is 6.15. The molecule has 0 heterocycles. The molecule has 3 heteroatoms. The molecule has 0 bridgehead atoms. The van der Waals surface area contributed by atoms with Gasteiger partial charge in [-0.2, -0.15) is 0 Å². The van der Waals surface area contributed by atoms with Gasteiger partial charge in [-0.15, -0.1) is 0 Å². The van der Waals surface area contributed by atoms with E-state index in [2.05, 4.69) is 13.0 Å². The number of carboxylic acids is 1. The van der Waals surface area contributed by atoms with Crippen LogP contribution in [0.1, 0.15) is 30.4 Å². The average Bonchev–Trinajstić information content (AvgIpc) is 2.76. The van der Waals surface area contributed by atoms with Gasteiger partial charge in [-0.25, -0.2) is 4.79 Å². The molecular formula is C16H20O3. The molecule has 1 aromatic carbocycles. The number of ether oxygens (including phenoxy) is 1. The molecule has 1 N–H and O–H groups in total. The highest BCUT2D eigenvalue weighted by Crippen LogP contribution is 2.35. The van der Waals surface area contributed by atoms with E-state index >= 15 is 0 Å². The zero-order chi connectivity index (χ0) is 13.8. The van der Waals surface area contributed by atoms with Crippen LogP contribution in [0.4, 0.5) is 0 Å². The molecule has 1 aromatic rings. The number of carbonyl (C=O) groups is 1. The Morgan fingerprint density at radius 3 is 3.00 bits per heavy atom. The minimum atomic E-state index is -0.835. The molecule has 2 rings (SSSR count). The number of rotatable bonds is 4. The number of allylic oxidation sites excluding steroid dienone is 1. The van der Waals surface area contributed by atoms with Crippen LogP contribution >= 0.6 is 0 Å². The third-order valence-corrected chi connectivity index (χ3v) is 3.75. The molecule has 0 amide bonds. The van der Waals surface area contributed by atoms with E-state index in [9.17, 15) is 4.79 Å². The molecule has 1 saturated carbocycles. The summed E-state index contributed by atoms with van der Waals surface area (Å²) in [6.45, 7) is 2.06. The lowest BCUT2D eigenvalue weighted by Crippen LogP contribution is -2.05. The third-order valence-electron chi connectivity index (χ3n) is 3.75. The van der Waals surface area contributed by atoms with Crippen LogP contribution in [0.25, 0.3) is 0 Å². The second-order valence-electron chi connectivity index (χ2n) is 5.17. The molecule has 0 saturated heterocycles. The number of benzene rings is 1. The third kappa shape index (κ3) is 3.37. The first-order valence-corrected chi connectivity index (χ1v) is 6.67. The lowest BCUT2D eigenvalue weighted by molar-refractivity contribution is -0.131. The van der Waals surface area contributed by atoms with Gasteiger partial charge in [0.25, 0.3) is 0 Å². The highest BCUT2D eigenvalue weighted by Gasteiger charge is 2.23. The van der Waals surface area contributed by atoms with Gasteiger partial charge in [-0.1, -0.05) is 23.3 Å². The molecule has 1 atom stereocenters. The molecule has 1 unspecified atom stereocenters. The fourth-order valence-corrected chi connectivity index (χ4v) is 2.86. The van der Waals surface area contributed by atoms with Crippen LogP contribution in [-0.4, -0.2) is 18.2 Å². The van der Waals surface area contributed by atoms with Gasteiger partial charge < -0.3 is 9.84 Å². The van der Waals surface area contributed by atoms with Crippen LogP contribution in [0.2, 0.25) is 0 Å². The van der Waals surface area contributed by atoms with E-state index in [0.717, 1.165) is 37.0 Å². The first kappa shape index (κ1) is 13.7. The summed E-state index contributed by atoms with van der Waals surface area (Å²) >= 11 is 0. The number of carboxylic acid groups (broad SMARTS) is 1. The van der Waals surface area contributed by atoms with Gasteiger partial charge in [-0.3, -0.25) is 0 Å². The predicted molar refractivity (Wildman–Crippen MR) is 74.5 cm³/mol. The van der Waals surface area contributed by atoms with Crippen LogP contribution in [0.5, 0.6) is 5.75 Å². The van der Waals surface area contributed by atoms with Crippen molar-refractivity contribution in [1.82, 2.24) is 0 Å². The SMILES string of the molecule is COc1ccc(C)cc1CC1CCC/C1=C\C(=O)O. The van der Waals surface area contributed by atoms with Gasteiger partial charge in [0.15, 0.2) is 0 Å². The zero-order valence-electron chi connectivity index (χ0n) is 11.5. The Morgan fingerprint density at radius 1 is 1.53 bits per heavy atom. The van der Waals surface area contributed by atoms with E-state index in [1.54, 1.807) is 7.11 Å². The second-order valence-corrected chi connectivity index (χ2v) is 5.17. The van der Waals surface area contributed by atoms with Gasteiger partial charge in [0, 0.05) is 6.08 Å². The molecule has 102 valence electrons. The van der Waals surface area contributed by atoms with E-state index in [4.69, 9.17) is 9.84 Å². The van der Waals surface area contributed by atoms with Gasteiger partial charge in [0.1, 0.15) is 5.75 Å². The molecule has 0 aromatic heterocycles. The lowest BCUT2D eigenvalue weighted by atomic mass is 9.92.